The molecule has 0 saturated heterocycles. The second-order valence-corrected chi connectivity index (χ2v) is 7.40. The number of carbonyl (C=O) groups excluding carboxylic acids is 2. The van der Waals surface area contributed by atoms with Gasteiger partial charge >= 0.3 is 0 Å². The van der Waals surface area contributed by atoms with Crippen molar-refractivity contribution in [3.8, 4) is 11.5 Å². The summed E-state index contributed by atoms with van der Waals surface area (Å²) in [6.45, 7) is 2.31. The van der Waals surface area contributed by atoms with Crippen LogP contribution in [0, 0.1) is 0 Å². The van der Waals surface area contributed by atoms with E-state index in [2.05, 4.69) is 15.8 Å². The molecule has 0 aliphatic carbocycles. The Kier molecular flexibility index (Phi) is 8.82. The fourth-order valence-corrected chi connectivity index (χ4v) is 3.41. The zero-order valence-electron chi connectivity index (χ0n) is 19.0. The highest BCUT2D eigenvalue weighted by Crippen LogP contribution is 2.26. The summed E-state index contributed by atoms with van der Waals surface area (Å²) in [6.07, 6.45) is 3.39. The summed E-state index contributed by atoms with van der Waals surface area (Å²) in [4.78, 5) is 24.1. The number of aryl methyl sites for hydroxylation is 1. The molecule has 0 radical (unpaired) electrons. The zero-order chi connectivity index (χ0) is 23.5. The molecule has 0 aromatic heterocycles. The number of rotatable bonds is 11. The van der Waals surface area contributed by atoms with Gasteiger partial charge in [0.2, 0.25) is 5.91 Å². The van der Waals surface area contributed by atoms with Crippen LogP contribution in [0.4, 0.5) is 0 Å². The second kappa shape index (κ2) is 12.2. The van der Waals surface area contributed by atoms with Crippen molar-refractivity contribution in [1.29, 1.82) is 0 Å². The van der Waals surface area contributed by atoms with Crippen LogP contribution in [0.1, 0.15) is 30.9 Å². The molecule has 0 atom stereocenters. The van der Waals surface area contributed by atoms with Crippen molar-refractivity contribution in [2.45, 2.75) is 26.2 Å². The Bertz CT molecular complexity index is 1110. The number of carbonyl (C=O) groups is 2. The van der Waals surface area contributed by atoms with Crippen LogP contribution in [0.5, 0.6) is 11.5 Å². The second-order valence-electron chi connectivity index (χ2n) is 7.40. The highest BCUT2D eigenvalue weighted by atomic mass is 16.5. The van der Waals surface area contributed by atoms with Crippen molar-refractivity contribution < 1.29 is 19.1 Å². The molecule has 0 unspecified atom stereocenters. The lowest BCUT2D eigenvalue weighted by Crippen LogP contribution is -2.34. The normalized spacial score (nSPS) is 10.8. The van der Waals surface area contributed by atoms with Crippen molar-refractivity contribution in [3.05, 3.63) is 71.8 Å². The van der Waals surface area contributed by atoms with Gasteiger partial charge in [0.25, 0.3) is 5.91 Å². The van der Waals surface area contributed by atoms with Crippen LogP contribution in [0.2, 0.25) is 0 Å². The van der Waals surface area contributed by atoms with Crippen molar-refractivity contribution in [2.24, 2.45) is 5.10 Å². The molecule has 3 rings (SSSR count). The van der Waals surface area contributed by atoms with Gasteiger partial charge in [-0.25, -0.2) is 5.43 Å². The third-order valence-corrected chi connectivity index (χ3v) is 5.09. The van der Waals surface area contributed by atoms with Gasteiger partial charge in [0.15, 0.2) is 0 Å². The first-order valence-corrected chi connectivity index (χ1v) is 11.0. The molecule has 2 N–H and O–H groups in total. The topological polar surface area (TPSA) is 89.0 Å². The van der Waals surface area contributed by atoms with Gasteiger partial charge in [-0.3, -0.25) is 9.59 Å². The van der Waals surface area contributed by atoms with Gasteiger partial charge in [-0.15, -0.1) is 0 Å². The van der Waals surface area contributed by atoms with E-state index in [0.717, 1.165) is 34.1 Å². The number of hydrogen-bond donors (Lipinski definition) is 2. The van der Waals surface area contributed by atoms with E-state index in [-0.39, 0.29) is 12.5 Å². The number of hydrazone groups is 1. The molecular weight excluding hydrogens is 418 g/mol. The first-order valence-electron chi connectivity index (χ1n) is 11.0. The summed E-state index contributed by atoms with van der Waals surface area (Å²) in [5, 5.41) is 8.72. The molecule has 0 aliphatic rings. The van der Waals surface area contributed by atoms with E-state index >= 15 is 0 Å². The SMILES string of the molecule is CCOc1ccc2ccccc2c1/C=N/NC(=O)CNC(=O)CCCc1ccc(OC)cc1. The Morgan fingerprint density at radius 3 is 2.55 bits per heavy atom. The monoisotopic (exact) mass is 447 g/mol. The van der Waals surface area contributed by atoms with Gasteiger partial charge in [0.1, 0.15) is 11.5 Å². The van der Waals surface area contributed by atoms with Crippen molar-refractivity contribution in [3.63, 3.8) is 0 Å². The number of amides is 2. The summed E-state index contributed by atoms with van der Waals surface area (Å²) in [5.41, 5.74) is 4.39. The minimum atomic E-state index is -0.395. The Hall–Kier alpha value is -3.87. The lowest BCUT2D eigenvalue weighted by atomic mass is 10.0. The number of hydrogen-bond acceptors (Lipinski definition) is 5. The number of methoxy groups -OCH3 is 1. The summed E-state index contributed by atoms with van der Waals surface area (Å²) < 4.78 is 10.8. The summed E-state index contributed by atoms with van der Waals surface area (Å²) >= 11 is 0. The third kappa shape index (κ3) is 7.07. The molecule has 0 saturated carbocycles. The molecule has 3 aromatic carbocycles. The molecule has 0 fully saturated rings. The van der Waals surface area contributed by atoms with Crippen LogP contribution in [0.3, 0.4) is 0 Å². The third-order valence-electron chi connectivity index (χ3n) is 5.09. The quantitative estimate of drug-likeness (QED) is 0.345. The van der Waals surface area contributed by atoms with E-state index in [1.54, 1.807) is 13.3 Å². The molecular formula is C26H29N3O4. The fraction of sp³-hybridized carbons (Fsp3) is 0.269. The van der Waals surface area contributed by atoms with Gasteiger partial charge < -0.3 is 14.8 Å². The minimum absolute atomic E-state index is 0.132. The molecule has 7 heteroatoms. The smallest absolute Gasteiger partial charge is 0.259 e. The summed E-state index contributed by atoms with van der Waals surface area (Å²) in [6, 6.07) is 19.5. The van der Waals surface area contributed by atoms with Crippen LogP contribution in [0.25, 0.3) is 10.8 Å². The van der Waals surface area contributed by atoms with E-state index in [1.807, 2.05) is 67.6 Å². The van der Waals surface area contributed by atoms with Gasteiger partial charge in [0, 0.05) is 12.0 Å². The highest BCUT2D eigenvalue weighted by molar-refractivity contribution is 6.02. The van der Waals surface area contributed by atoms with Crippen LogP contribution in [-0.2, 0) is 16.0 Å². The van der Waals surface area contributed by atoms with E-state index in [1.165, 1.54) is 0 Å². The molecule has 33 heavy (non-hydrogen) atoms. The summed E-state index contributed by atoms with van der Waals surface area (Å²) in [7, 11) is 1.63. The van der Waals surface area contributed by atoms with Crippen molar-refractivity contribution >= 4 is 28.8 Å². The predicted octanol–water partition coefficient (Wildman–Crippen LogP) is 3.84. The van der Waals surface area contributed by atoms with Gasteiger partial charge in [-0.1, -0.05) is 42.5 Å². The van der Waals surface area contributed by atoms with E-state index in [0.29, 0.717) is 25.2 Å². The maximum absolute atomic E-state index is 12.1. The number of fused-ring (bicyclic) bond motifs is 1. The molecule has 0 aliphatic heterocycles. The lowest BCUT2D eigenvalue weighted by molar-refractivity contribution is -0.126. The molecule has 0 bridgehead atoms. The summed E-state index contributed by atoms with van der Waals surface area (Å²) in [5.74, 6) is 0.933. The van der Waals surface area contributed by atoms with E-state index in [4.69, 9.17) is 9.47 Å². The van der Waals surface area contributed by atoms with E-state index < -0.39 is 5.91 Å². The highest BCUT2D eigenvalue weighted by Gasteiger charge is 2.08. The Labute approximate surface area is 193 Å². The maximum atomic E-state index is 12.1. The minimum Gasteiger partial charge on any atom is -0.497 e. The number of nitrogens with zero attached hydrogens (tertiary/aromatic N) is 1. The molecule has 0 spiro atoms. The number of benzene rings is 3. The Morgan fingerprint density at radius 2 is 1.79 bits per heavy atom. The number of ether oxygens (including phenoxy) is 2. The van der Waals surface area contributed by atoms with Crippen LogP contribution in [0.15, 0.2) is 65.8 Å². The average molecular weight is 448 g/mol. The Balaban J connectivity index is 1.45. The van der Waals surface area contributed by atoms with Gasteiger partial charge in [-0.05, 0) is 54.3 Å². The standard InChI is InChI=1S/C26H29N3O4/c1-3-33-24-16-13-20-8-4-5-9-22(20)23(24)17-28-29-26(31)18-27-25(30)10-6-7-19-11-14-21(32-2)15-12-19/h4-5,8-9,11-17H,3,6-7,10,18H2,1-2H3,(H,27,30)(H,29,31)/b28-17+. The molecule has 172 valence electrons. The van der Waals surface area contributed by atoms with Gasteiger partial charge in [0.05, 0.1) is 26.5 Å². The zero-order valence-corrected chi connectivity index (χ0v) is 19.0. The first-order chi connectivity index (χ1) is 16.1. The van der Waals surface area contributed by atoms with Crippen LogP contribution < -0.4 is 20.2 Å². The van der Waals surface area contributed by atoms with E-state index in [9.17, 15) is 9.59 Å². The average Bonchev–Trinajstić information content (AvgIpc) is 2.84. The largest absolute Gasteiger partial charge is 0.497 e. The lowest BCUT2D eigenvalue weighted by Gasteiger charge is -2.10. The van der Waals surface area contributed by atoms with Gasteiger partial charge in [-0.2, -0.15) is 5.10 Å². The fourth-order valence-electron chi connectivity index (χ4n) is 3.41. The molecule has 0 heterocycles. The number of nitrogens with one attached hydrogen (secondary N) is 2. The predicted molar refractivity (Wildman–Crippen MR) is 130 cm³/mol. The maximum Gasteiger partial charge on any atom is 0.259 e. The molecule has 2 amide bonds. The Morgan fingerprint density at radius 1 is 1.00 bits per heavy atom. The van der Waals surface area contributed by atoms with Crippen LogP contribution >= 0.6 is 0 Å². The van der Waals surface area contributed by atoms with Crippen molar-refractivity contribution in [1.82, 2.24) is 10.7 Å². The first kappa shape index (κ1) is 23.8. The van der Waals surface area contributed by atoms with Crippen molar-refractivity contribution in [2.75, 3.05) is 20.3 Å². The van der Waals surface area contributed by atoms with Crippen LogP contribution in [-0.4, -0.2) is 38.3 Å². The molecule has 7 nitrogen and oxygen atoms in total. The molecule has 3 aromatic rings.